The van der Waals surface area contributed by atoms with Crippen molar-refractivity contribution in [3.63, 3.8) is 0 Å². The Morgan fingerprint density at radius 2 is 1.76 bits per heavy atom. The molecule has 0 saturated heterocycles. The number of amides is 1. The molecule has 25 heavy (non-hydrogen) atoms. The van der Waals surface area contributed by atoms with E-state index >= 15 is 0 Å². The molecule has 1 unspecified atom stereocenters. The Kier molecular flexibility index (Phi) is 6.63. The van der Waals surface area contributed by atoms with Gasteiger partial charge in [0.2, 0.25) is 5.91 Å². The van der Waals surface area contributed by atoms with Crippen LogP contribution < -0.4 is 14.8 Å². The van der Waals surface area contributed by atoms with E-state index in [1.165, 1.54) is 11.6 Å². The smallest absolute Gasteiger partial charge is 0.244 e. The molecule has 1 atom stereocenters. The van der Waals surface area contributed by atoms with E-state index in [2.05, 4.69) is 36.5 Å². The first-order valence-corrected chi connectivity index (χ1v) is 8.36. The summed E-state index contributed by atoms with van der Waals surface area (Å²) in [4.78, 5) is 12.1. The monoisotopic (exact) mass is 339 g/mol. The van der Waals surface area contributed by atoms with Crippen molar-refractivity contribution in [3.05, 3.63) is 65.2 Å². The first kappa shape index (κ1) is 18.6. The van der Waals surface area contributed by atoms with Gasteiger partial charge in [-0.15, -0.1) is 0 Å². The first-order chi connectivity index (χ1) is 12.1. The van der Waals surface area contributed by atoms with Gasteiger partial charge in [-0.1, -0.05) is 37.3 Å². The molecule has 0 spiro atoms. The second-order valence-electron chi connectivity index (χ2n) is 5.77. The number of benzene rings is 2. The lowest BCUT2D eigenvalue weighted by atomic mass is 10.0. The predicted octanol–water partition coefficient (Wildman–Crippen LogP) is 4.16. The van der Waals surface area contributed by atoms with Crippen LogP contribution in [0.4, 0.5) is 0 Å². The van der Waals surface area contributed by atoms with Crippen molar-refractivity contribution in [1.82, 2.24) is 5.32 Å². The second kappa shape index (κ2) is 8.92. The molecule has 0 aliphatic heterocycles. The first-order valence-electron chi connectivity index (χ1n) is 8.36. The van der Waals surface area contributed by atoms with E-state index in [4.69, 9.17) is 9.47 Å². The van der Waals surface area contributed by atoms with Gasteiger partial charge in [0.25, 0.3) is 0 Å². The van der Waals surface area contributed by atoms with Crippen LogP contribution >= 0.6 is 0 Å². The number of carbonyl (C=O) groups is 1. The van der Waals surface area contributed by atoms with Crippen LogP contribution in [0.1, 0.15) is 36.6 Å². The van der Waals surface area contributed by atoms with Crippen LogP contribution in [0.5, 0.6) is 11.5 Å². The van der Waals surface area contributed by atoms with Crippen molar-refractivity contribution >= 4 is 12.0 Å². The summed E-state index contributed by atoms with van der Waals surface area (Å²) in [6.07, 6.45) is 4.29. The van der Waals surface area contributed by atoms with Crippen molar-refractivity contribution < 1.29 is 14.3 Å². The Labute approximate surface area is 149 Å². The number of methoxy groups -OCH3 is 2. The average molecular weight is 339 g/mol. The summed E-state index contributed by atoms with van der Waals surface area (Å²) in [5.41, 5.74) is 3.24. The van der Waals surface area contributed by atoms with Crippen LogP contribution in [0.25, 0.3) is 6.08 Å². The van der Waals surface area contributed by atoms with Gasteiger partial charge in [-0.3, -0.25) is 4.79 Å². The van der Waals surface area contributed by atoms with Crippen molar-refractivity contribution in [2.24, 2.45) is 0 Å². The standard InChI is InChI=1S/C21H25NO3/c1-5-16-6-10-18(11-7-16)15(2)22-21(23)13-9-17-8-12-19(24-3)20(14-17)25-4/h6-15H,5H2,1-4H3,(H,22,23)/b13-9+. The molecule has 2 aromatic carbocycles. The summed E-state index contributed by atoms with van der Waals surface area (Å²) < 4.78 is 10.5. The summed E-state index contributed by atoms with van der Waals surface area (Å²) in [7, 11) is 3.18. The molecular weight excluding hydrogens is 314 g/mol. The fourth-order valence-electron chi connectivity index (χ4n) is 2.52. The average Bonchev–Trinajstić information content (AvgIpc) is 2.66. The van der Waals surface area contributed by atoms with E-state index in [0.29, 0.717) is 11.5 Å². The molecule has 0 aliphatic rings. The van der Waals surface area contributed by atoms with Crippen LogP contribution in [-0.4, -0.2) is 20.1 Å². The fraction of sp³-hybridized carbons (Fsp3) is 0.286. The minimum absolute atomic E-state index is 0.0477. The topological polar surface area (TPSA) is 47.6 Å². The molecule has 1 N–H and O–H groups in total. The lowest BCUT2D eigenvalue weighted by Gasteiger charge is -2.13. The van der Waals surface area contributed by atoms with Gasteiger partial charge in [0.05, 0.1) is 20.3 Å². The minimum Gasteiger partial charge on any atom is -0.493 e. The Bertz CT molecular complexity index is 735. The molecule has 0 fully saturated rings. The van der Waals surface area contributed by atoms with Crippen molar-refractivity contribution in [2.75, 3.05) is 14.2 Å². The molecule has 0 aromatic heterocycles. The fourth-order valence-corrected chi connectivity index (χ4v) is 2.52. The van der Waals surface area contributed by atoms with Gasteiger partial charge in [-0.2, -0.15) is 0 Å². The normalized spacial score (nSPS) is 12.0. The molecule has 132 valence electrons. The SMILES string of the molecule is CCc1ccc(C(C)NC(=O)/C=C/c2ccc(OC)c(OC)c2)cc1. The highest BCUT2D eigenvalue weighted by Crippen LogP contribution is 2.27. The van der Waals surface area contributed by atoms with Gasteiger partial charge in [0.15, 0.2) is 11.5 Å². The molecule has 2 aromatic rings. The molecule has 0 saturated carbocycles. The van der Waals surface area contributed by atoms with E-state index in [1.54, 1.807) is 20.3 Å². The third-order valence-electron chi connectivity index (χ3n) is 4.08. The summed E-state index contributed by atoms with van der Waals surface area (Å²) in [6, 6.07) is 13.8. The van der Waals surface area contributed by atoms with Crippen molar-refractivity contribution in [2.45, 2.75) is 26.3 Å². The summed E-state index contributed by atoms with van der Waals surface area (Å²) in [6.45, 7) is 4.10. The summed E-state index contributed by atoms with van der Waals surface area (Å²) in [5.74, 6) is 1.16. The molecule has 0 aliphatic carbocycles. The molecule has 0 radical (unpaired) electrons. The number of hydrogen-bond donors (Lipinski definition) is 1. The summed E-state index contributed by atoms with van der Waals surface area (Å²) >= 11 is 0. The maximum Gasteiger partial charge on any atom is 0.244 e. The number of hydrogen-bond acceptors (Lipinski definition) is 3. The van der Waals surface area contributed by atoms with Gasteiger partial charge in [-0.25, -0.2) is 0 Å². The Hall–Kier alpha value is -2.75. The van der Waals surface area contributed by atoms with E-state index in [1.807, 2.05) is 25.1 Å². The zero-order valence-electron chi connectivity index (χ0n) is 15.2. The minimum atomic E-state index is -0.137. The number of nitrogens with one attached hydrogen (secondary N) is 1. The van der Waals surface area contributed by atoms with Crippen LogP contribution in [0.3, 0.4) is 0 Å². The highest BCUT2D eigenvalue weighted by Gasteiger charge is 2.08. The molecule has 4 nitrogen and oxygen atoms in total. The van der Waals surface area contributed by atoms with E-state index < -0.39 is 0 Å². The van der Waals surface area contributed by atoms with E-state index in [0.717, 1.165) is 17.5 Å². The number of rotatable bonds is 7. The molecule has 2 rings (SSSR count). The lowest BCUT2D eigenvalue weighted by Crippen LogP contribution is -2.24. The van der Waals surface area contributed by atoms with E-state index in [9.17, 15) is 4.79 Å². The van der Waals surface area contributed by atoms with Crippen LogP contribution in [-0.2, 0) is 11.2 Å². The zero-order valence-corrected chi connectivity index (χ0v) is 15.2. The number of ether oxygens (including phenoxy) is 2. The molecule has 4 heteroatoms. The highest BCUT2D eigenvalue weighted by molar-refractivity contribution is 5.92. The molecule has 0 bridgehead atoms. The van der Waals surface area contributed by atoms with Gasteiger partial charge in [0.1, 0.15) is 0 Å². The number of carbonyl (C=O) groups excluding carboxylic acids is 1. The van der Waals surface area contributed by atoms with Gasteiger partial charge < -0.3 is 14.8 Å². The third kappa shape index (κ3) is 5.11. The van der Waals surface area contributed by atoms with Crippen LogP contribution in [0.15, 0.2) is 48.5 Å². The third-order valence-corrected chi connectivity index (χ3v) is 4.08. The second-order valence-corrected chi connectivity index (χ2v) is 5.77. The largest absolute Gasteiger partial charge is 0.493 e. The number of aryl methyl sites for hydroxylation is 1. The predicted molar refractivity (Wildman–Crippen MR) is 101 cm³/mol. The molecule has 0 heterocycles. The maximum atomic E-state index is 12.1. The molecular formula is C21H25NO3. The maximum absolute atomic E-state index is 12.1. The van der Waals surface area contributed by atoms with Crippen molar-refractivity contribution in [1.29, 1.82) is 0 Å². The lowest BCUT2D eigenvalue weighted by molar-refractivity contribution is -0.117. The van der Waals surface area contributed by atoms with Crippen LogP contribution in [0.2, 0.25) is 0 Å². The van der Waals surface area contributed by atoms with Crippen molar-refractivity contribution in [3.8, 4) is 11.5 Å². The zero-order chi connectivity index (χ0) is 18.2. The summed E-state index contributed by atoms with van der Waals surface area (Å²) in [5, 5.41) is 2.97. The van der Waals surface area contributed by atoms with Gasteiger partial charge in [0, 0.05) is 6.08 Å². The Balaban J connectivity index is 1.99. The molecule has 1 amide bonds. The van der Waals surface area contributed by atoms with Crippen LogP contribution in [0, 0.1) is 0 Å². The quantitative estimate of drug-likeness (QED) is 0.771. The van der Waals surface area contributed by atoms with Gasteiger partial charge >= 0.3 is 0 Å². The highest BCUT2D eigenvalue weighted by atomic mass is 16.5. The van der Waals surface area contributed by atoms with E-state index in [-0.39, 0.29) is 11.9 Å². The Morgan fingerprint density at radius 1 is 1.08 bits per heavy atom. The van der Waals surface area contributed by atoms with Gasteiger partial charge in [-0.05, 0) is 48.2 Å². The Morgan fingerprint density at radius 3 is 2.36 bits per heavy atom.